The summed E-state index contributed by atoms with van der Waals surface area (Å²) in [6.07, 6.45) is 0.851. The fraction of sp³-hybridized carbons (Fsp3) is 0.458. The highest BCUT2D eigenvalue weighted by atomic mass is 32.2. The Hall–Kier alpha value is -2.49. The second-order valence-electron chi connectivity index (χ2n) is 9.50. The van der Waals surface area contributed by atoms with Crippen LogP contribution < -0.4 is 10.0 Å². The fourth-order valence-corrected chi connectivity index (χ4v) is 5.20. The standard InChI is InChI=1S/C24H33FN4O3S/c1-24(2,3)27-33(31,32)21-15-19(23(30)29-11-7-10-28(4)12-13-29)14-20(16-21)26-17-18-8-5-6-9-22(18)25/h5-6,8-9,14-16,26-27H,7,10-13,17H2,1-4H3. The monoisotopic (exact) mass is 476 g/mol. The first-order chi connectivity index (χ1) is 15.4. The van der Waals surface area contributed by atoms with Gasteiger partial charge in [-0.3, -0.25) is 4.79 Å². The highest BCUT2D eigenvalue weighted by Gasteiger charge is 2.26. The normalized spacial score (nSPS) is 15.8. The van der Waals surface area contributed by atoms with Gasteiger partial charge < -0.3 is 15.1 Å². The third kappa shape index (κ3) is 6.99. The van der Waals surface area contributed by atoms with Crippen LogP contribution in [0, 0.1) is 5.82 Å². The van der Waals surface area contributed by atoms with E-state index < -0.39 is 15.6 Å². The molecule has 2 aromatic carbocycles. The van der Waals surface area contributed by atoms with Crippen molar-refractivity contribution in [2.75, 3.05) is 38.5 Å². The van der Waals surface area contributed by atoms with E-state index in [1.165, 1.54) is 18.2 Å². The van der Waals surface area contributed by atoms with Crippen LogP contribution in [0.3, 0.4) is 0 Å². The predicted molar refractivity (Wildman–Crippen MR) is 128 cm³/mol. The van der Waals surface area contributed by atoms with E-state index in [4.69, 9.17) is 0 Å². The van der Waals surface area contributed by atoms with Crippen molar-refractivity contribution < 1.29 is 17.6 Å². The molecule has 0 radical (unpaired) electrons. The third-order valence-corrected chi connectivity index (χ3v) is 7.09. The number of nitrogens with one attached hydrogen (secondary N) is 2. The molecule has 0 unspecified atom stereocenters. The van der Waals surface area contributed by atoms with Crippen LogP contribution >= 0.6 is 0 Å². The smallest absolute Gasteiger partial charge is 0.254 e. The summed E-state index contributed by atoms with van der Waals surface area (Å²) in [6.45, 7) is 8.27. The van der Waals surface area contributed by atoms with Gasteiger partial charge in [0.25, 0.3) is 5.91 Å². The van der Waals surface area contributed by atoms with Crippen molar-refractivity contribution in [3.8, 4) is 0 Å². The zero-order chi connectivity index (χ0) is 24.2. The molecule has 0 bridgehead atoms. The first kappa shape index (κ1) is 25.1. The van der Waals surface area contributed by atoms with E-state index in [1.54, 1.807) is 49.9 Å². The average Bonchev–Trinajstić information content (AvgIpc) is 2.95. The van der Waals surface area contributed by atoms with Gasteiger partial charge in [-0.25, -0.2) is 17.5 Å². The molecule has 33 heavy (non-hydrogen) atoms. The number of likely N-dealkylation sites (N-methyl/N-ethyl adjacent to an activating group) is 1. The van der Waals surface area contributed by atoms with Crippen LogP contribution in [0.4, 0.5) is 10.1 Å². The van der Waals surface area contributed by atoms with Crippen LogP contribution in [-0.4, -0.2) is 62.9 Å². The number of halogens is 1. The zero-order valence-corrected chi connectivity index (χ0v) is 20.5. The summed E-state index contributed by atoms with van der Waals surface area (Å²) in [6, 6.07) is 10.9. The van der Waals surface area contributed by atoms with Crippen molar-refractivity contribution in [2.45, 2.75) is 44.2 Å². The van der Waals surface area contributed by atoms with Gasteiger partial charge in [0, 0.05) is 48.5 Å². The van der Waals surface area contributed by atoms with Crippen molar-refractivity contribution in [2.24, 2.45) is 0 Å². The Labute approximate surface area is 196 Å². The minimum Gasteiger partial charge on any atom is -0.381 e. The number of amides is 1. The summed E-state index contributed by atoms with van der Waals surface area (Å²) in [4.78, 5) is 17.2. The topological polar surface area (TPSA) is 81.8 Å². The number of nitrogens with zero attached hydrogens (tertiary/aromatic N) is 2. The van der Waals surface area contributed by atoms with Crippen LogP contribution in [0.15, 0.2) is 47.4 Å². The minimum atomic E-state index is -3.88. The Kier molecular flexibility index (Phi) is 7.76. The molecule has 1 amide bonds. The van der Waals surface area contributed by atoms with Gasteiger partial charge >= 0.3 is 0 Å². The van der Waals surface area contributed by atoms with E-state index in [-0.39, 0.29) is 28.7 Å². The lowest BCUT2D eigenvalue weighted by Crippen LogP contribution is -2.40. The number of rotatable bonds is 6. The van der Waals surface area contributed by atoms with Gasteiger partial charge in [-0.1, -0.05) is 18.2 Å². The van der Waals surface area contributed by atoms with E-state index in [0.29, 0.717) is 24.3 Å². The minimum absolute atomic E-state index is 0.00810. The molecule has 7 nitrogen and oxygen atoms in total. The van der Waals surface area contributed by atoms with Gasteiger partial charge in [0.2, 0.25) is 10.0 Å². The molecular formula is C24H33FN4O3S. The SMILES string of the molecule is CN1CCCN(C(=O)c2cc(NCc3ccccc3F)cc(S(=O)(=O)NC(C)(C)C)c2)CC1. The molecule has 0 spiro atoms. The number of hydrogen-bond acceptors (Lipinski definition) is 5. The van der Waals surface area contributed by atoms with Gasteiger partial charge in [-0.15, -0.1) is 0 Å². The molecule has 2 aromatic rings. The Bertz CT molecular complexity index is 1100. The first-order valence-corrected chi connectivity index (χ1v) is 12.6. The molecule has 0 aromatic heterocycles. The van der Waals surface area contributed by atoms with Crippen LogP contribution in [0.1, 0.15) is 43.1 Å². The van der Waals surface area contributed by atoms with Crippen LogP contribution in [-0.2, 0) is 16.6 Å². The maximum Gasteiger partial charge on any atom is 0.254 e. The summed E-state index contributed by atoms with van der Waals surface area (Å²) in [5.41, 5.74) is 0.481. The zero-order valence-electron chi connectivity index (χ0n) is 19.7. The molecule has 1 aliphatic rings. The highest BCUT2D eigenvalue weighted by molar-refractivity contribution is 7.89. The van der Waals surface area contributed by atoms with Crippen molar-refractivity contribution in [3.05, 3.63) is 59.4 Å². The van der Waals surface area contributed by atoms with E-state index in [0.717, 1.165) is 19.5 Å². The maximum atomic E-state index is 14.1. The number of sulfonamides is 1. The largest absolute Gasteiger partial charge is 0.381 e. The lowest BCUT2D eigenvalue weighted by atomic mass is 10.1. The van der Waals surface area contributed by atoms with Gasteiger partial charge in [0.1, 0.15) is 5.82 Å². The summed E-state index contributed by atoms with van der Waals surface area (Å²) in [5, 5.41) is 3.08. The molecule has 1 aliphatic heterocycles. The maximum absolute atomic E-state index is 14.1. The van der Waals surface area contributed by atoms with Gasteiger partial charge in [-0.2, -0.15) is 0 Å². The molecular weight excluding hydrogens is 443 g/mol. The molecule has 1 heterocycles. The molecule has 0 saturated carbocycles. The van der Waals surface area contributed by atoms with Crippen molar-refractivity contribution in [1.29, 1.82) is 0 Å². The molecule has 3 rings (SSSR count). The summed E-state index contributed by atoms with van der Waals surface area (Å²) in [7, 11) is -1.86. The van der Waals surface area contributed by atoms with E-state index in [2.05, 4.69) is 14.9 Å². The highest BCUT2D eigenvalue weighted by Crippen LogP contribution is 2.23. The lowest BCUT2D eigenvalue weighted by molar-refractivity contribution is 0.0762. The molecule has 1 fully saturated rings. The number of carbonyl (C=O) groups is 1. The lowest BCUT2D eigenvalue weighted by Gasteiger charge is -2.23. The number of carbonyl (C=O) groups excluding carboxylic acids is 1. The fourth-order valence-electron chi connectivity index (χ4n) is 3.71. The second kappa shape index (κ2) is 10.2. The molecule has 2 N–H and O–H groups in total. The van der Waals surface area contributed by atoms with Crippen LogP contribution in [0.5, 0.6) is 0 Å². The molecule has 0 atom stereocenters. The quantitative estimate of drug-likeness (QED) is 0.669. The molecule has 0 aliphatic carbocycles. The number of benzene rings is 2. The van der Waals surface area contributed by atoms with Gasteiger partial charge in [0.05, 0.1) is 4.90 Å². The van der Waals surface area contributed by atoms with Crippen molar-refractivity contribution in [1.82, 2.24) is 14.5 Å². The Balaban J connectivity index is 1.94. The number of hydrogen-bond donors (Lipinski definition) is 2. The van der Waals surface area contributed by atoms with E-state index in [1.807, 2.05) is 7.05 Å². The third-order valence-electron chi connectivity index (χ3n) is 5.35. The van der Waals surface area contributed by atoms with Crippen LogP contribution in [0.2, 0.25) is 0 Å². The summed E-state index contributed by atoms with van der Waals surface area (Å²) < 4.78 is 42.8. The van der Waals surface area contributed by atoms with Crippen molar-refractivity contribution >= 4 is 21.6 Å². The Morgan fingerprint density at radius 3 is 2.48 bits per heavy atom. The summed E-state index contributed by atoms with van der Waals surface area (Å²) >= 11 is 0. The van der Waals surface area contributed by atoms with E-state index in [9.17, 15) is 17.6 Å². The Morgan fingerprint density at radius 2 is 1.79 bits per heavy atom. The van der Waals surface area contributed by atoms with Crippen LogP contribution in [0.25, 0.3) is 0 Å². The first-order valence-electron chi connectivity index (χ1n) is 11.1. The second-order valence-corrected chi connectivity index (χ2v) is 11.2. The number of anilines is 1. The molecule has 180 valence electrons. The van der Waals surface area contributed by atoms with Gasteiger partial charge in [-0.05, 0) is 65.0 Å². The predicted octanol–water partition coefficient (Wildman–Crippen LogP) is 3.29. The Morgan fingerprint density at radius 1 is 1.06 bits per heavy atom. The molecule has 9 heteroatoms. The van der Waals surface area contributed by atoms with Crippen molar-refractivity contribution in [3.63, 3.8) is 0 Å². The summed E-state index contributed by atoms with van der Waals surface area (Å²) in [5.74, 6) is -0.569. The van der Waals surface area contributed by atoms with E-state index >= 15 is 0 Å². The average molecular weight is 477 g/mol. The molecule has 1 saturated heterocycles. The van der Waals surface area contributed by atoms with Gasteiger partial charge in [0.15, 0.2) is 0 Å².